The molecule has 1 aliphatic heterocycles. The smallest absolute Gasteiger partial charge is 0.0456 e. The molecule has 1 aliphatic rings. The molecule has 3 rings (SSSR count). The van der Waals surface area contributed by atoms with E-state index in [9.17, 15) is 0 Å². The molecule has 1 fully saturated rings. The van der Waals surface area contributed by atoms with Crippen molar-refractivity contribution < 1.29 is 0 Å². The summed E-state index contributed by atoms with van der Waals surface area (Å²) in [5, 5.41) is 1.36. The number of nitrogens with zero attached hydrogens (tertiary/aromatic N) is 1. The summed E-state index contributed by atoms with van der Waals surface area (Å²) in [4.78, 5) is 5.81. The molecule has 0 spiro atoms. The molecule has 2 heterocycles. The summed E-state index contributed by atoms with van der Waals surface area (Å²) < 4.78 is 0. The fourth-order valence-electron chi connectivity index (χ4n) is 2.89. The van der Waals surface area contributed by atoms with Gasteiger partial charge in [0.25, 0.3) is 0 Å². The number of nitrogens with one attached hydrogen (secondary N) is 1. The van der Waals surface area contributed by atoms with Crippen LogP contribution in [0.3, 0.4) is 0 Å². The van der Waals surface area contributed by atoms with Crippen molar-refractivity contribution in [1.82, 2.24) is 9.88 Å². The molecule has 1 saturated heterocycles. The second-order valence-corrected chi connectivity index (χ2v) is 5.38. The lowest BCUT2D eigenvalue weighted by molar-refractivity contribution is 0.255. The summed E-state index contributed by atoms with van der Waals surface area (Å²) in [6.45, 7) is 4.58. The van der Waals surface area contributed by atoms with Crippen LogP contribution in [-0.4, -0.2) is 30.0 Å². The maximum atomic E-state index is 3.39. The van der Waals surface area contributed by atoms with Crippen LogP contribution < -0.4 is 0 Å². The first-order chi connectivity index (χ1) is 8.22. The molecule has 0 atom stereocenters. The predicted molar refractivity (Wildman–Crippen MR) is 72.5 cm³/mol. The Morgan fingerprint density at radius 3 is 2.71 bits per heavy atom. The molecule has 0 unspecified atom stereocenters. The first-order valence-corrected chi connectivity index (χ1v) is 6.50. The summed E-state index contributed by atoms with van der Waals surface area (Å²) >= 11 is 0. The SMILES string of the molecule is Cc1cc2cc(C3CCN(C)CC3)ccc2[nH]1. The van der Waals surface area contributed by atoms with Gasteiger partial charge in [0.1, 0.15) is 0 Å². The van der Waals surface area contributed by atoms with E-state index in [1.807, 2.05) is 0 Å². The topological polar surface area (TPSA) is 19.0 Å². The van der Waals surface area contributed by atoms with E-state index in [0.717, 1.165) is 5.92 Å². The Morgan fingerprint density at radius 1 is 1.18 bits per heavy atom. The average Bonchev–Trinajstić information content (AvgIpc) is 2.69. The van der Waals surface area contributed by atoms with E-state index in [-0.39, 0.29) is 0 Å². The van der Waals surface area contributed by atoms with Crippen molar-refractivity contribution in [2.45, 2.75) is 25.7 Å². The zero-order chi connectivity index (χ0) is 11.8. The Morgan fingerprint density at radius 2 is 1.94 bits per heavy atom. The normalized spacial score (nSPS) is 18.9. The number of hydrogen-bond donors (Lipinski definition) is 1. The van der Waals surface area contributed by atoms with Gasteiger partial charge in [0, 0.05) is 11.2 Å². The number of fused-ring (bicyclic) bond motifs is 1. The highest BCUT2D eigenvalue weighted by Crippen LogP contribution is 2.29. The summed E-state index contributed by atoms with van der Waals surface area (Å²) in [6, 6.07) is 9.15. The first kappa shape index (κ1) is 10.8. The molecule has 1 aromatic carbocycles. The molecule has 2 heteroatoms. The Hall–Kier alpha value is -1.28. The highest BCUT2D eigenvalue weighted by Gasteiger charge is 2.18. The molecule has 0 radical (unpaired) electrons. The lowest BCUT2D eigenvalue weighted by atomic mass is 9.89. The molecule has 0 aliphatic carbocycles. The molecule has 0 bridgehead atoms. The second kappa shape index (κ2) is 4.19. The lowest BCUT2D eigenvalue weighted by Gasteiger charge is -2.29. The van der Waals surface area contributed by atoms with Gasteiger partial charge in [-0.15, -0.1) is 0 Å². The van der Waals surface area contributed by atoms with Gasteiger partial charge in [-0.1, -0.05) is 6.07 Å². The van der Waals surface area contributed by atoms with Crippen molar-refractivity contribution in [2.75, 3.05) is 20.1 Å². The van der Waals surface area contributed by atoms with E-state index in [0.29, 0.717) is 0 Å². The molecular formula is C15H20N2. The third-order valence-corrected chi connectivity index (χ3v) is 3.97. The van der Waals surface area contributed by atoms with E-state index in [1.165, 1.54) is 48.1 Å². The van der Waals surface area contributed by atoms with Crippen LogP contribution in [-0.2, 0) is 0 Å². The fraction of sp³-hybridized carbons (Fsp3) is 0.467. The molecule has 90 valence electrons. The fourth-order valence-corrected chi connectivity index (χ4v) is 2.89. The Bertz CT molecular complexity index is 519. The number of piperidine rings is 1. The molecule has 0 saturated carbocycles. The number of hydrogen-bond acceptors (Lipinski definition) is 1. The number of benzene rings is 1. The molecule has 17 heavy (non-hydrogen) atoms. The number of aromatic nitrogens is 1. The van der Waals surface area contributed by atoms with Crippen molar-refractivity contribution in [3.05, 3.63) is 35.5 Å². The van der Waals surface area contributed by atoms with Gasteiger partial charge in [-0.25, -0.2) is 0 Å². The maximum Gasteiger partial charge on any atom is 0.0456 e. The van der Waals surface area contributed by atoms with Gasteiger partial charge in [0.05, 0.1) is 0 Å². The molecule has 1 N–H and O–H groups in total. The van der Waals surface area contributed by atoms with Gasteiger partial charge in [0.2, 0.25) is 0 Å². The van der Waals surface area contributed by atoms with Gasteiger partial charge in [-0.2, -0.15) is 0 Å². The van der Waals surface area contributed by atoms with E-state index in [1.54, 1.807) is 0 Å². The van der Waals surface area contributed by atoms with Crippen molar-refractivity contribution in [3.8, 4) is 0 Å². The zero-order valence-corrected chi connectivity index (χ0v) is 10.7. The van der Waals surface area contributed by atoms with Gasteiger partial charge in [-0.05, 0) is 75.0 Å². The molecule has 1 aromatic heterocycles. The van der Waals surface area contributed by atoms with Crippen LogP contribution in [0.15, 0.2) is 24.3 Å². The highest BCUT2D eigenvalue weighted by molar-refractivity contribution is 5.81. The summed E-state index contributed by atoms with van der Waals surface area (Å²) in [6.07, 6.45) is 2.59. The van der Waals surface area contributed by atoms with E-state index in [4.69, 9.17) is 0 Å². The van der Waals surface area contributed by atoms with Crippen LogP contribution in [0.4, 0.5) is 0 Å². The first-order valence-electron chi connectivity index (χ1n) is 6.50. The Kier molecular flexibility index (Phi) is 2.67. The van der Waals surface area contributed by atoms with Crippen molar-refractivity contribution in [2.24, 2.45) is 0 Å². The summed E-state index contributed by atoms with van der Waals surface area (Å²) in [7, 11) is 2.22. The summed E-state index contributed by atoms with van der Waals surface area (Å²) in [5.74, 6) is 0.755. The van der Waals surface area contributed by atoms with Crippen LogP contribution >= 0.6 is 0 Å². The third-order valence-electron chi connectivity index (χ3n) is 3.97. The third kappa shape index (κ3) is 2.09. The summed E-state index contributed by atoms with van der Waals surface area (Å²) in [5.41, 5.74) is 4.03. The van der Waals surface area contributed by atoms with Crippen LogP contribution in [0.25, 0.3) is 10.9 Å². The highest BCUT2D eigenvalue weighted by atomic mass is 15.1. The number of aryl methyl sites for hydroxylation is 1. The van der Waals surface area contributed by atoms with E-state index < -0.39 is 0 Å². The average molecular weight is 228 g/mol. The Labute approximate surface area is 103 Å². The quantitative estimate of drug-likeness (QED) is 0.793. The van der Waals surface area contributed by atoms with Crippen LogP contribution in [0.5, 0.6) is 0 Å². The Balaban J connectivity index is 1.89. The molecular weight excluding hydrogens is 208 g/mol. The standard InChI is InChI=1S/C15H20N2/c1-11-9-14-10-13(3-4-15(14)16-11)12-5-7-17(2)8-6-12/h3-4,9-10,12,16H,5-8H2,1-2H3. The number of aromatic amines is 1. The van der Waals surface area contributed by atoms with Gasteiger partial charge in [-0.3, -0.25) is 0 Å². The van der Waals surface area contributed by atoms with Crippen LogP contribution in [0, 0.1) is 6.92 Å². The minimum Gasteiger partial charge on any atom is -0.359 e. The molecule has 2 aromatic rings. The van der Waals surface area contributed by atoms with Gasteiger partial charge >= 0.3 is 0 Å². The van der Waals surface area contributed by atoms with Crippen LogP contribution in [0.2, 0.25) is 0 Å². The molecule has 0 amide bonds. The second-order valence-electron chi connectivity index (χ2n) is 5.38. The van der Waals surface area contributed by atoms with Crippen molar-refractivity contribution in [1.29, 1.82) is 0 Å². The van der Waals surface area contributed by atoms with Gasteiger partial charge in [0.15, 0.2) is 0 Å². The monoisotopic (exact) mass is 228 g/mol. The minimum absolute atomic E-state index is 0.755. The maximum absolute atomic E-state index is 3.39. The van der Waals surface area contributed by atoms with E-state index >= 15 is 0 Å². The predicted octanol–water partition coefficient (Wildman–Crippen LogP) is 3.29. The minimum atomic E-state index is 0.755. The zero-order valence-electron chi connectivity index (χ0n) is 10.7. The molecule has 2 nitrogen and oxygen atoms in total. The van der Waals surface area contributed by atoms with Crippen molar-refractivity contribution >= 4 is 10.9 Å². The lowest BCUT2D eigenvalue weighted by Crippen LogP contribution is -2.29. The number of H-pyrrole nitrogens is 1. The van der Waals surface area contributed by atoms with Crippen molar-refractivity contribution in [3.63, 3.8) is 0 Å². The number of rotatable bonds is 1. The largest absolute Gasteiger partial charge is 0.359 e. The van der Waals surface area contributed by atoms with Crippen LogP contribution in [0.1, 0.15) is 30.0 Å². The number of likely N-dealkylation sites (tertiary alicyclic amines) is 1. The van der Waals surface area contributed by atoms with Gasteiger partial charge < -0.3 is 9.88 Å². The van der Waals surface area contributed by atoms with E-state index in [2.05, 4.69) is 48.1 Å².